The molecular weight excluding hydrogens is 294 g/mol. The molecule has 3 rings (SSSR count). The molecule has 1 fully saturated rings. The molecule has 0 spiro atoms. The van der Waals surface area contributed by atoms with Crippen molar-refractivity contribution in [3.8, 4) is 0 Å². The van der Waals surface area contributed by atoms with E-state index in [1.165, 1.54) is 6.20 Å². The Labute approximate surface area is 126 Å². The van der Waals surface area contributed by atoms with Gasteiger partial charge in [-0.1, -0.05) is 16.8 Å². The van der Waals surface area contributed by atoms with Crippen molar-refractivity contribution in [3.63, 3.8) is 0 Å². The van der Waals surface area contributed by atoms with Crippen LogP contribution in [0.2, 0.25) is 5.02 Å². The molecule has 1 atom stereocenters. The zero-order chi connectivity index (χ0) is 15.0. The third kappa shape index (κ3) is 2.61. The summed E-state index contributed by atoms with van der Waals surface area (Å²) in [6, 6.07) is -0.193. The van der Waals surface area contributed by atoms with E-state index in [-0.39, 0.29) is 22.7 Å². The Morgan fingerprint density at radius 1 is 1.43 bits per heavy atom. The van der Waals surface area contributed by atoms with Crippen LogP contribution in [0.15, 0.2) is 10.7 Å². The highest BCUT2D eigenvalue weighted by Crippen LogP contribution is 2.32. The third-order valence-electron chi connectivity index (χ3n) is 3.42. The van der Waals surface area contributed by atoms with Crippen molar-refractivity contribution >= 4 is 17.5 Å². The Balaban J connectivity index is 1.91. The smallest absolute Gasteiger partial charge is 0.274 e. The molecule has 8 heteroatoms. The molecule has 1 aliphatic heterocycles. The lowest BCUT2D eigenvalue weighted by Crippen LogP contribution is -2.32. The van der Waals surface area contributed by atoms with Gasteiger partial charge < -0.3 is 9.42 Å². The second-order valence-electron chi connectivity index (χ2n) is 4.94. The Morgan fingerprint density at radius 2 is 2.24 bits per heavy atom. The van der Waals surface area contributed by atoms with Gasteiger partial charge in [-0.15, -0.1) is 0 Å². The van der Waals surface area contributed by atoms with Crippen molar-refractivity contribution in [2.24, 2.45) is 0 Å². The van der Waals surface area contributed by atoms with E-state index in [1.807, 2.05) is 0 Å². The van der Waals surface area contributed by atoms with E-state index in [9.17, 15) is 4.79 Å². The highest BCUT2D eigenvalue weighted by molar-refractivity contribution is 6.33. The minimum absolute atomic E-state index is 0.193. The fourth-order valence-corrected chi connectivity index (χ4v) is 2.64. The molecule has 21 heavy (non-hydrogen) atoms. The largest absolute Gasteiger partial charge is 0.340 e. The number of carbonyl (C=O) groups excluding carboxylic acids is 1. The molecule has 2 aromatic heterocycles. The zero-order valence-corrected chi connectivity index (χ0v) is 12.5. The number of aromatic nitrogens is 4. The summed E-state index contributed by atoms with van der Waals surface area (Å²) in [6.45, 7) is 4.07. The van der Waals surface area contributed by atoms with Gasteiger partial charge in [-0.3, -0.25) is 4.79 Å². The number of aryl methyl sites for hydroxylation is 2. The average molecular weight is 308 g/mol. The van der Waals surface area contributed by atoms with Crippen LogP contribution < -0.4 is 0 Å². The standard InChI is InChI=1S/C13H14ClN5O2/c1-7-15-6-9(14)11(16-7)13(20)19-5-3-4-10(19)12-17-8(2)21-18-12/h6,10H,3-5H2,1-2H3/t10-/m0/s1. The van der Waals surface area contributed by atoms with E-state index < -0.39 is 0 Å². The summed E-state index contributed by atoms with van der Waals surface area (Å²) in [5.41, 5.74) is 0.219. The van der Waals surface area contributed by atoms with Crippen LogP contribution in [0.25, 0.3) is 0 Å². The number of rotatable bonds is 2. The van der Waals surface area contributed by atoms with Crippen LogP contribution in [0.3, 0.4) is 0 Å². The Kier molecular flexibility index (Phi) is 3.59. The van der Waals surface area contributed by atoms with Gasteiger partial charge in [0.2, 0.25) is 5.89 Å². The zero-order valence-electron chi connectivity index (χ0n) is 11.7. The van der Waals surface area contributed by atoms with E-state index in [2.05, 4.69) is 20.1 Å². The van der Waals surface area contributed by atoms with Gasteiger partial charge >= 0.3 is 0 Å². The van der Waals surface area contributed by atoms with Gasteiger partial charge in [0.05, 0.1) is 17.3 Å². The molecule has 0 aromatic carbocycles. The second-order valence-corrected chi connectivity index (χ2v) is 5.35. The number of likely N-dealkylation sites (tertiary alicyclic amines) is 1. The first-order valence-corrected chi connectivity index (χ1v) is 7.04. The number of nitrogens with zero attached hydrogens (tertiary/aromatic N) is 5. The maximum absolute atomic E-state index is 12.7. The van der Waals surface area contributed by atoms with Gasteiger partial charge in [0, 0.05) is 13.5 Å². The summed E-state index contributed by atoms with van der Waals surface area (Å²) in [6.07, 6.45) is 3.12. The Hall–Kier alpha value is -2.02. The van der Waals surface area contributed by atoms with Crippen molar-refractivity contribution in [2.75, 3.05) is 6.54 Å². The SMILES string of the molecule is Cc1ncc(Cl)c(C(=O)N2CCC[C@H]2c2noc(C)n2)n1. The van der Waals surface area contributed by atoms with Crippen molar-refractivity contribution in [1.29, 1.82) is 0 Å². The van der Waals surface area contributed by atoms with Crippen molar-refractivity contribution in [2.45, 2.75) is 32.7 Å². The van der Waals surface area contributed by atoms with Crippen LogP contribution in [0.1, 0.15) is 46.9 Å². The topological polar surface area (TPSA) is 85.0 Å². The van der Waals surface area contributed by atoms with E-state index in [0.29, 0.717) is 24.1 Å². The highest BCUT2D eigenvalue weighted by Gasteiger charge is 2.35. The predicted octanol–water partition coefficient (Wildman–Crippen LogP) is 2.11. The molecule has 1 aliphatic rings. The molecule has 0 N–H and O–H groups in total. The Bertz CT molecular complexity index is 687. The first-order valence-electron chi connectivity index (χ1n) is 6.66. The van der Waals surface area contributed by atoms with E-state index in [4.69, 9.17) is 16.1 Å². The fourth-order valence-electron chi connectivity index (χ4n) is 2.47. The van der Waals surface area contributed by atoms with Gasteiger partial charge in [0.1, 0.15) is 5.82 Å². The van der Waals surface area contributed by atoms with Crippen LogP contribution in [0.5, 0.6) is 0 Å². The molecule has 0 saturated carbocycles. The van der Waals surface area contributed by atoms with Crippen LogP contribution in [0, 0.1) is 13.8 Å². The van der Waals surface area contributed by atoms with E-state index in [0.717, 1.165) is 12.8 Å². The minimum Gasteiger partial charge on any atom is -0.340 e. The van der Waals surface area contributed by atoms with Crippen molar-refractivity contribution in [1.82, 2.24) is 25.0 Å². The molecule has 0 aliphatic carbocycles. The molecular formula is C13H14ClN5O2. The molecule has 0 unspecified atom stereocenters. The summed E-state index contributed by atoms with van der Waals surface area (Å²) in [7, 11) is 0. The van der Waals surface area contributed by atoms with Gasteiger partial charge in [-0.2, -0.15) is 4.98 Å². The number of amides is 1. The number of halogens is 1. The lowest BCUT2D eigenvalue weighted by molar-refractivity contribution is 0.0722. The number of carbonyl (C=O) groups is 1. The van der Waals surface area contributed by atoms with E-state index >= 15 is 0 Å². The van der Waals surface area contributed by atoms with Crippen molar-refractivity contribution in [3.05, 3.63) is 34.5 Å². The predicted molar refractivity (Wildman–Crippen MR) is 73.8 cm³/mol. The molecule has 1 amide bonds. The van der Waals surface area contributed by atoms with Crippen LogP contribution >= 0.6 is 11.6 Å². The molecule has 3 heterocycles. The summed E-state index contributed by atoms with van der Waals surface area (Å²) in [5, 5.41) is 4.17. The normalized spacial score (nSPS) is 18.2. The number of hydrogen-bond acceptors (Lipinski definition) is 6. The average Bonchev–Trinajstić information content (AvgIpc) is 3.09. The van der Waals surface area contributed by atoms with E-state index in [1.54, 1.807) is 18.7 Å². The number of hydrogen-bond donors (Lipinski definition) is 0. The highest BCUT2D eigenvalue weighted by atomic mass is 35.5. The van der Waals surface area contributed by atoms with Gasteiger partial charge in [-0.25, -0.2) is 9.97 Å². The van der Waals surface area contributed by atoms with Gasteiger partial charge in [-0.05, 0) is 19.8 Å². The molecule has 7 nitrogen and oxygen atoms in total. The summed E-state index contributed by atoms with van der Waals surface area (Å²) in [5.74, 6) is 1.30. The monoisotopic (exact) mass is 307 g/mol. The summed E-state index contributed by atoms with van der Waals surface area (Å²) < 4.78 is 5.00. The quantitative estimate of drug-likeness (QED) is 0.844. The molecule has 1 saturated heterocycles. The van der Waals surface area contributed by atoms with Crippen molar-refractivity contribution < 1.29 is 9.32 Å². The lowest BCUT2D eigenvalue weighted by Gasteiger charge is -2.22. The third-order valence-corrected chi connectivity index (χ3v) is 3.70. The second kappa shape index (κ2) is 5.40. The maximum atomic E-state index is 12.7. The Morgan fingerprint density at radius 3 is 2.95 bits per heavy atom. The molecule has 0 bridgehead atoms. The fraction of sp³-hybridized carbons (Fsp3) is 0.462. The molecule has 0 radical (unpaired) electrons. The van der Waals surface area contributed by atoms with Crippen LogP contribution in [-0.2, 0) is 0 Å². The minimum atomic E-state index is -0.226. The van der Waals surface area contributed by atoms with Gasteiger partial charge in [0.25, 0.3) is 5.91 Å². The summed E-state index contributed by atoms with van der Waals surface area (Å²) >= 11 is 6.05. The van der Waals surface area contributed by atoms with Crippen LogP contribution in [-0.4, -0.2) is 37.5 Å². The first-order chi connectivity index (χ1) is 10.1. The summed E-state index contributed by atoms with van der Waals surface area (Å²) in [4.78, 5) is 26.7. The lowest BCUT2D eigenvalue weighted by atomic mass is 10.2. The molecule has 2 aromatic rings. The molecule has 110 valence electrons. The maximum Gasteiger partial charge on any atom is 0.274 e. The first kappa shape index (κ1) is 13.9. The van der Waals surface area contributed by atoms with Crippen LogP contribution in [0.4, 0.5) is 0 Å². The van der Waals surface area contributed by atoms with Gasteiger partial charge in [0.15, 0.2) is 11.5 Å².